The van der Waals surface area contributed by atoms with Gasteiger partial charge in [-0.2, -0.15) is 0 Å². The number of ether oxygens (including phenoxy) is 1. The Morgan fingerprint density at radius 1 is 0.818 bits per heavy atom. The van der Waals surface area contributed by atoms with Crippen LogP contribution >= 0.6 is 11.8 Å². The van der Waals surface area contributed by atoms with E-state index in [4.69, 9.17) is 4.74 Å². The summed E-state index contributed by atoms with van der Waals surface area (Å²) in [7, 11) is 1.66. The van der Waals surface area contributed by atoms with E-state index < -0.39 is 0 Å². The van der Waals surface area contributed by atoms with Gasteiger partial charge in [0, 0.05) is 11.1 Å². The second kappa shape index (κ2) is 6.58. The molecule has 4 nitrogen and oxygen atoms in total. The van der Waals surface area contributed by atoms with Gasteiger partial charge in [-0.25, -0.2) is 4.98 Å². The maximum atomic E-state index is 5.21. The zero-order chi connectivity index (χ0) is 15.4. The average molecular weight is 309 g/mol. The first-order chi connectivity index (χ1) is 10.8. The van der Waals surface area contributed by atoms with Gasteiger partial charge in [-0.3, -0.25) is 0 Å². The zero-order valence-electron chi connectivity index (χ0n) is 12.4. The second-order valence-electron chi connectivity index (χ2n) is 4.59. The Kier molecular flexibility index (Phi) is 4.34. The smallest absolute Gasteiger partial charge is 0.209 e. The van der Waals surface area contributed by atoms with Gasteiger partial charge in [-0.05, 0) is 30.5 Å². The monoisotopic (exact) mass is 309 g/mol. The van der Waals surface area contributed by atoms with Crippen molar-refractivity contribution in [3.63, 3.8) is 0 Å². The molecule has 0 bridgehead atoms. The molecular formula is C17H15N3OS. The average Bonchev–Trinajstić information content (AvgIpc) is 2.62. The molecule has 0 fully saturated rings. The van der Waals surface area contributed by atoms with Crippen molar-refractivity contribution in [3.8, 4) is 28.3 Å². The predicted octanol–water partition coefficient (Wildman–Crippen LogP) is 3.94. The summed E-state index contributed by atoms with van der Waals surface area (Å²) in [5, 5.41) is 9.20. The third kappa shape index (κ3) is 2.94. The Morgan fingerprint density at radius 3 is 2.14 bits per heavy atom. The SMILES string of the molecule is COc1ccc(-c2nc(SC)nnc2-c2ccccc2)cc1. The van der Waals surface area contributed by atoms with E-state index in [-0.39, 0.29) is 0 Å². The van der Waals surface area contributed by atoms with E-state index in [1.807, 2.05) is 60.9 Å². The second-order valence-corrected chi connectivity index (χ2v) is 5.36. The van der Waals surface area contributed by atoms with Crippen molar-refractivity contribution in [3.05, 3.63) is 54.6 Å². The van der Waals surface area contributed by atoms with Gasteiger partial charge in [0.25, 0.3) is 0 Å². The summed E-state index contributed by atoms with van der Waals surface area (Å²) >= 11 is 1.48. The summed E-state index contributed by atoms with van der Waals surface area (Å²) in [6.45, 7) is 0. The number of methoxy groups -OCH3 is 1. The molecule has 0 aliphatic carbocycles. The molecule has 0 N–H and O–H groups in total. The van der Waals surface area contributed by atoms with Crippen LogP contribution in [0, 0.1) is 0 Å². The molecule has 0 unspecified atom stereocenters. The number of aromatic nitrogens is 3. The molecule has 2 aromatic carbocycles. The van der Waals surface area contributed by atoms with Gasteiger partial charge in [-0.15, -0.1) is 10.2 Å². The van der Waals surface area contributed by atoms with Crippen LogP contribution in [0.5, 0.6) is 5.75 Å². The molecule has 0 saturated carbocycles. The van der Waals surface area contributed by atoms with Crippen LogP contribution in [0.4, 0.5) is 0 Å². The molecule has 0 saturated heterocycles. The van der Waals surface area contributed by atoms with Crippen molar-refractivity contribution in [2.75, 3.05) is 13.4 Å². The highest BCUT2D eigenvalue weighted by molar-refractivity contribution is 7.98. The zero-order valence-corrected chi connectivity index (χ0v) is 13.2. The van der Waals surface area contributed by atoms with E-state index in [1.54, 1.807) is 7.11 Å². The molecule has 5 heteroatoms. The maximum absolute atomic E-state index is 5.21. The number of thioether (sulfide) groups is 1. The third-order valence-electron chi connectivity index (χ3n) is 3.26. The Morgan fingerprint density at radius 2 is 1.50 bits per heavy atom. The Labute approximate surface area is 133 Å². The highest BCUT2D eigenvalue weighted by Crippen LogP contribution is 2.30. The fourth-order valence-corrected chi connectivity index (χ4v) is 2.44. The van der Waals surface area contributed by atoms with Crippen LogP contribution in [0.2, 0.25) is 0 Å². The maximum Gasteiger partial charge on any atom is 0.209 e. The van der Waals surface area contributed by atoms with Crippen LogP contribution in [0.25, 0.3) is 22.5 Å². The third-order valence-corrected chi connectivity index (χ3v) is 3.80. The minimum atomic E-state index is 0.658. The normalized spacial score (nSPS) is 10.5. The van der Waals surface area contributed by atoms with E-state index >= 15 is 0 Å². The van der Waals surface area contributed by atoms with Crippen LogP contribution in [0.3, 0.4) is 0 Å². The summed E-state index contributed by atoms with van der Waals surface area (Å²) in [5.41, 5.74) is 3.60. The summed E-state index contributed by atoms with van der Waals surface area (Å²) in [6.07, 6.45) is 1.94. The van der Waals surface area contributed by atoms with E-state index in [0.717, 1.165) is 28.3 Å². The molecule has 1 heterocycles. The number of hydrogen-bond acceptors (Lipinski definition) is 5. The van der Waals surface area contributed by atoms with Gasteiger partial charge in [-0.1, -0.05) is 42.1 Å². The highest BCUT2D eigenvalue weighted by atomic mass is 32.2. The minimum absolute atomic E-state index is 0.658. The molecule has 1 aromatic heterocycles. The van der Waals surface area contributed by atoms with Gasteiger partial charge in [0.15, 0.2) is 0 Å². The van der Waals surface area contributed by atoms with Gasteiger partial charge >= 0.3 is 0 Å². The summed E-state index contributed by atoms with van der Waals surface area (Å²) in [4.78, 5) is 4.64. The van der Waals surface area contributed by atoms with Crippen molar-refractivity contribution in [1.82, 2.24) is 15.2 Å². The van der Waals surface area contributed by atoms with Gasteiger partial charge in [0.1, 0.15) is 17.1 Å². The number of nitrogens with zero attached hydrogens (tertiary/aromatic N) is 3. The molecule has 0 aliphatic heterocycles. The largest absolute Gasteiger partial charge is 0.497 e. The standard InChI is InChI=1S/C17H15N3OS/c1-21-14-10-8-13(9-11-14)15-16(12-6-4-3-5-7-12)19-20-17(18-15)22-2/h3-11H,1-2H3. The topological polar surface area (TPSA) is 47.9 Å². The highest BCUT2D eigenvalue weighted by Gasteiger charge is 2.13. The van der Waals surface area contributed by atoms with Crippen molar-refractivity contribution in [2.45, 2.75) is 5.16 Å². The minimum Gasteiger partial charge on any atom is -0.497 e. The molecule has 0 spiro atoms. The van der Waals surface area contributed by atoms with Crippen LogP contribution in [0.15, 0.2) is 59.8 Å². The molecule has 3 rings (SSSR count). The lowest BCUT2D eigenvalue weighted by Crippen LogP contribution is -1.98. The lowest BCUT2D eigenvalue weighted by molar-refractivity contribution is 0.415. The summed E-state index contributed by atoms with van der Waals surface area (Å²) < 4.78 is 5.21. The fraction of sp³-hybridized carbons (Fsp3) is 0.118. The molecule has 0 radical (unpaired) electrons. The van der Waals surface area contributed by atoms with Crippen LogP contribution in [-0.2, 0) is 0 Å². The van der Waals surface area contributed by atoms with Crippen molar-refractivity contribution >= 4 is 11.8 Å². The first kappa shape index (κ1) is 14.5. The van der Waals surface area contributed by atoms with Crippen LogP contribution in [0.1, 0.15) is 0 Å². The van der Waals surface area contributed by atoms with Gasteiger partial charge in [0.2, 0.25) is 5.16 Å². The number of hydrogen-bond donors (Lipinski definition) is 0. The van der Waals surface area contributed by atoms with E-state index in [9.17, 15) is 0 Å². The van der Waals surface area contributed by atoms with E-state index in [2.05, 4.69) is 15.2 Å². The van der Waals surface area contributed by atoms with Crippen molar-refractivity contribution < 1.29 is 4.74 Å². The summed E-state index contributed by atoms with van der Waals surface area (Å²) in [5.74, 6) is 0.817. The number of rotatable bonds is 4. The van der Waals surface area contributed by atoms with Crippen molar-refractivity contribution in [2.24, 2.45) is 0 Å². The first-order valence-electron chi connectivity index (χ1n) is 6.80. The fourth-order valence-electron chi connectivity index (χ4n) is 2.14. The number of benzene rings is 2. The summed E-state index contributed by atoms with van der Waals surface area (Å²) in [6, 6.07) is 17.8. The lowest BCUT2D eigenvalue weighted by Gasteiger charge is -2.09. The molecule has 0 amide bonds. The Bertz CT molecular complexity index is 761. The van der Waals surface area contributed by atoms with E-state index in [1.165, 1.54) is 11.8 Å². The Balaban J connectivity index is 2.14. The van der Waals surface area contributed by atoms with E-state index in [0.29, 0.717) is 5.16 Å². The Hall–Kier alpha value is -2.40. The molecule has 0 atom stereocenters. The van der Waals surface area contributed by atoms with Gasteiger partial charge < -0.3 is 4.74 Å². The molecule has 110 valence electrons. The van der Waals surface area contributed by atoms with Crippen LogP contribution in [-0.4, -0.2) is 28.5 Å². The quantitative estimate of drug-likeness (QED) is 0.683. The molecular weight excluding hydrogens is 294 g/mol. The predicted molar refractivity (Wildman–Crippen MR) is 89.0 cm³/mol. The molecule has 22 heavy (non-hydrogen) atoms. The molecule has 3 aromatic rings. The lowest BCUT2D eigenvalue weighted by atomic mass is 10.0. The molecule has 0 aliphatic rings. The van der Waals surface area contributed by atoms with Crippen molar-refractivity contribution in [1.29, 1.82) is 0 Å². The van der Waals surface area contributed by atoms with Crippen LogP contribution < -0.4 is 4.74 Å². The first-order valence-corrected chi connectivity index (χ1v) is 8.03. The van der Waals surface area contributed by atoms with Gasteiger partial charge in [0.05, 0.1) is 7.11 Å².